The van der Waals surface area contributed by atoms with E-state index in [-0.39, 0.29) is 6.61 Å². The fourth-order valence-electron chi connectivity index (χ4n) is 1.72. The first-order valence-electron chi connectivity index (χ1n) is 5.99. The zero-order chi connectivity index (χ0) is 12.7. The zero-order valence-electron chi connectivity index (χ0n) is 10.6. The summed E-state index contributed by atoms with van der Waals surface area (Å²) in [5, 5.41) is 12.3. The van der Waals surface area contributed by atoms with Gasteiger partial charge in [-0.25, -0.2) is 0 Å². The predicted octanol–water partition coefficient (Wildman–Crippen LogP) is 2.10. The predicted molar refractivity (Wildman–Crippen MR) is 71.4 cm³/mol. The highest BCUT2D eigenvalue weighted by atomic mass is 16.5. The van der Waals surface area contributed by atoms with Crippen LogP contribution < -0.4 is 15.8 Å². The molecule has 0 aliphatic heterocycles. The molecule has 0 saturated carbocycles. The lowest BCUT2D eigenvalue weighted by atomic mass is 10.0. The van der Waals surface area contributed by atoms with Gasteiger partial charge in [0.2, 0.25) is 0 Å². The van der Waals surface area contributed by atoms with Gasteiger partial charge in [-0.2, -0.15) is 0 Å². The topological polar surface area (TPSA) is 67.5 Å². The first-order chi connectivity index (χ1) is 8.21. The third kappa shape index (κ3) is 4.15. The summed E-state index contributed by atoms with van der Waals surface area (Å²) in [5.74, 6) is 1.17. The van der Waals surface area contributed by atoms with Crippen LogP contribution in [0, 0.1) is 5.92 Å². The molecule has 4 N–H and O–H groups in total. The second kappa shape index (κ2) is 7.01. The molecule has 1 aromatic carbocycles. The number of aliphatic hydroxyl groups is 1. The average molecular weight is 238 g/mol. The first kappa shape index (κ1) is 13.6. The van der Waals surface area contributed by atoms with E-state index in [2.05, 4.69) is 12.2 Å². The van der Waals surface area contributed by atoms with E-state index in [0.29, 0.717) is 17.4 Å². The molecule has 96 valence electrons. The Morgan fingerprint density at radius 1 is 1.47 bits per heavy atom. The van der Waals surface area contributed by atoms with Crippen LogP contribution in [0.3, 0.4) is 0 Å². The molecule has 0 radical (unpaired) electrons. The van der Waals surface area contributed by atoms with Gasteiger partial charge in [-0.05, 0) is 24.5 Å². The monoisotopic (exact) mass is 238 g/mol. The number of nitrogen functional groups attached to an aromatic ring is 1. The summed E-state index contributed by atoms with van der Waals surface area (Å²) in [6.45, 7) is 3.22. The van der Waals surface area contributed by atoms with E-state index in [9.17, 15) is 0 Å². The number of nitrogens with two attached hydrogens (primary N) is 1. The molecule has 1 rings (SSSR count). The van der Waals surface area contributed by atoms with E-state index < -0.39 is 0 Å². The lowest BCUT2D eigenvalue weighted by Crippen LogP contribution is -2.15. The number of hydrogen-bond acceptors (Lipinski definition) is 4. The van der Waals surface area contributed by atoms with Crippen LogP contribution in [0.15, 0.2) is 18.2 Å². The Labute approximate surface area is 103 Å². The number of nitrogens with one attached hydrogen (secondary N) is 1. The Balaban J connectivity index is 2.56. The summed E-state index contributed by atoms with van der Waals surface area (Å²) in [6.07, 6.45) is 1.88. The number of rotatable bonds is 7. The molecule has 1 atom stereocenters. The molecule has 4 nitrogen and oxygen atoms in total. The number of aliphatic hydroxyl groups excluding tert-OH is 1. The first-order valence-corrected chi connectivity index (χ1v) is 5.99. The molecule has 0 aromatic heterocycles. The minimum absolute atomic E-state index is 0.241. The van der Waals surface area contributed by atoms with E-state index in [1.807, 2.05) is 18.2 Å². The standard InChI is InChI=1S/C13H22N2O2/c1-3-10(6-7-16)9-15-11-4-5-12(14)13(8-11)17-2/h4-5,8,10,15-16H,3,6-7,9,14H2,1-2H3. The van der Waals surface area contributed by atoms with Crippen LogP contribution in [-0.4, -0.2) is 25.4 Å². The average Bonchev–Trinajstić information content (AvgIpc) is 2.36. The molecule has 1 aromatic rings. The van der Waals surface area contributed by atoms with Gasteiger partial charge in [0.1, 0.15) is 5.75 Å². The quantitative estimate of drug-likeness (QED) is 0.636. The lowest BCUT2D eigenvalue weighted by Gasteiger charge is -2.16. The van der Waals surface area contributed by atoms with Gasteiger partial charge in [-0.3, -0.25) is 0 Å². The number of anilines is 2. The maximum Gasteiger partial charge on any atom is 0.143 e. The maximum atomic E-state index is 8.92. The van der Waals surface area contributed by atoms with Gasteiger partial charge in [0, 0.05) is 24.9 Å². The fraction of sp³-hybridized carbons (Fsp3) is 0.538. The maximum absolute atomic E-state index is 8.92. The molecular formula is C13H22N2O2. The Hall–Kier alpha value is -1.42. The molecule has 4 heteroatoms. The third-order valence-electron chi connectivity index (χ3n) is 2.94. The van der Waals surface area contributed by atoms with Gasteiger partial charge in [0.15, 0.2) is 0 Å². The van der Waals surface area contributed by atoms with Crippen molar-refractivity contribution in [1.29, 1.82) is 0 Å². The summed E-state index contributed by atoms with van der Waals surface area (Å²) < 4.78 is 5.16. The van der Waals surface area contributed by atoms with Crippen LogP contribution in [0.5, 0.6) is 5.75 Å². The summed E-state index contributed by atoms with van der Waals surface area (Å²) in [6, 6.07) is 5.65. The van der Waals surface area contributed by atoms with Crippen LogP contribution in [0.1, 0.15) is 19.8 Å². The van der Waals surface area contributed by atoms with E-state index >= 15 is 0 Å². The highest BCUT2D eigenvalue weighted by molar-refractivity contribution is 5.61. The SMILES string of the molecule is CCC(CCO)CNc1ccc(N)c(OC)c1. The van der Waals surface area contributed by atoms with Crippen molar-refractivity contribution in [1.82, 2.24) is 0 Å². The van der Waals surface area contributed by atoms with Crippen molar-refractivity contribution in [3.63, 3.8) is 0 Å². The molecule has 0 bridgehead atoms. The summed E-state index contributed by atoms with van der Waals surface area (Å²) >= 11 is 0. The third-order valence-corrected chi connectivity index (χ3v) is 2.94. The van der Waals surface area contributed by atoms with Crippen molar-refractivity contribution >= 4 is 11.4 Å². The molecule has 17 heavy (non-hydrogen) atoms. The molecule has 0 saturated heterocycles. The van der Waals surface area contributed by atoms with E-state index in [1.54, 1.807) is 7.11 Å². The van der Waals surface area contributed by atoms with Gasteiger partial charge >= 0.3 is 0 Å². The van der Waals surface area contributed by atoms with Crippen molar-refractivity contribution < 1.29 is 9.84 Å². The van der Waals surface area contributed by atoms with Crippen molar-refractivity contribution in [2.45, 2.75) is 19.8 Å². The Morgan fingerprint density at radius 2 is 2.24 bits per heavy atom. The van der Waals surface area contributed by atoms with Crippen LogP contribution in [0.2, 0.25) is 0 Å². The number of benzene rings is 1. The van der Waals surface area contributed by atoms with E-state index in [0.717, 1.165) is 25.1 Å². The molecule has 0 spiro atoms. The van der Waals surface area contributed by atoms with Gasteiger partial charge in [0.05, 0.1) is 12.8 Å². The van der Waals surface area contributed by atoms with Crippen LogP contribution >= 0.6 is 0 Å². The van der Waals surface area contributed by atoms with Crippen molar-refractivity contribution in [2.75, 3.05) is 31.3 Å². The van der Waals surface area contributed by atoms with Crippen LogP contribution in [0.4, 0.5) is 11.4 Å². The van der Waals surface area contributed by atoms with Gasteiger partial charge in [0.25, 0.3) is 0 Å². The van der Waals surface area contributed by atoms with Crippen LogP contribution in [-0.2, 0) is 0 Å². The Morgan fingerprint density at radius 3 is 2.82 bits per heavy atom. The molecule has 0 amide bonds. The highest BCUT2D eigenvalue weighted by Gasteiger charge is 2.06. The largest absolute Gasteiger partial charge is 0.495 e. The summed E-state index contributed by atoms with van der Waals surface area (Å²) in [7, 11) is 1.61. The lowest BCUT2D eigenvalue weighted by molar-refractivity contribution is 0.258. The minimum Gasteiger partial charge on any atom is -0.495 e. The Bertz CT molecular complexity index is 342. The summed E-state index contributed by atoms with van der Waals surface area (Å²) in [4.78, 5) is 0. The van der Waals surface area contributed by atoms with E-state index in [1.165, 1.54) is 0 Å². The van der Waals surface area contributed by atoms with Gasteiger partial charge in [-0.15, -0.1) is 0 Å². The fourth-order valence-corrected chi connectivity index (χ4v) is 1.72. The van der Waals surface area contributed by atoms with Crippen molar-refractivity contribution in [3.8, 4) is 5.75 Å². The minimum atomic E-state index is 0.241. The van der Waals surface area contributed by atoms with E-state index in [4.69, 9.17) is 15.6 Å². The number of ether oxygens (including phenoxy) is 1. The second-order valence-corrected chi connectivity index (χ2v) is 4.12. The van der Waals surface area contributed by atoms with Crippen molar-refractivity contribution in [3.05, 3.63) is 18.2 Å². The van der Waals surface area contributed by atoms with Gasteiger partial charge < -0.3 is 20.9 Å². The molecule has 0 heterocycles. The van der Waals surface area contributed by atoms with Crippen molar-refractivity contribution in [2.24, 2.45) is 5.92 Å². The smallest absolute Gasteiger partial charge is 0.143 e. The molecular weight excluding hydrogens is 216 g/mol. The Kier molecular flexibility index (Phi) is 5.63. The van der Waals surface area contributed by atoms with Gasteiger partial charge in [-0.1, -0.05) is 13.3 Å². The normalized spacial score (nSPS) is 12.2. The molecule has 0 aliphatic rings. The van der Waals surface area contributed by atoms with Crippen LogP contribution in [0.25, 0.3) is 0 Å². The number of methoxy groups -OCH3 is 1. The molecule has 0 aliphatic carbocycles. The summed E-state index contributed by atoms with van der Waals surface area (Å²) in [5.41, 5.74) is 7.38. The number of hydrogen-bond donors (Lipinski definition) is 3. The zero-order valence-corrected chi connectivity index (χ0v) is 10.6. The molecule has 0 fully saturated rings. The second-order valence-electron chi connectivity index (χ2n) is 4.12. The highest BCUT2D eigenvalue weighted by Crippen LogP contribution is 2.25. The molecule has 1 unspecified atom stereocenters.